The first-order valence-corrected chi connectivity index (χ1v) is 7.47. The smallest absolute Gasteiger partial charge is 0.279 e. The number of halogens is 1. The van der Waals surface area contributed by atoms with Crippen molar-refractivity contribution >= 4 is 27.5 Å². The van der Waals surface area contributed by atoms with Gasteiger partial charge in [0.05, 0.1) is 10.2 Å². The van der Waals surface area contributed by atoms with Crippen LogP contribution in [-0.2, 0) is 6.61 Å². The standard InChI is InChI=1S/C16H13FN2O2S/c1-10-5-6-13-14(7-10)22-15(18-13)9-21-12-4-2-3-11(8-12)16(20)19-17/h2-8H,9H2,1H3,(H,19,20). The Bertz CT molecular complexity index is 832. The van der Waals surface area contributed by atoms with Crippen molar-refractivity contribution in [1.82, 2.24) is 10.5 Å². The lowest BCUT2D eigenvalue weighted by Gasteiger charge is -2.05. The Morgan fingerprint density at radius 2 is 2.18 bits per heavy atom. The molecule has 22 heavy (non-hydrogen) atoms. The Kier molecular flexibility index (Phi) is 4.02. The fourth-order valence-corrected chi connectivity index (χ4v) is 3.05. The van der Waals surface area contributed by atoms with Crippen LogP contribution in [0.2, 0.25) is 0 Å². The first-order chi connectivity index (χ1) is 10.7. The van der Waals surface area contributed by atoms with Crippen molar-refractivity contribution in [2.45, 2.75) is 13.5 Å². The number of amides is 1. The number of nitrogens with zero attached hydrogens (tertiary/aromatic N) is 1. The summed E-state index contributed by atoms with van der Waals surface area (Å²) in [6.45, 7) is 2.34. The Morgan fingerprint density at radius 3 is 3.00 bits per heavy atom. The number of aryl methyl sites for hydroxylation is 1. The minimum Gasteiger partial charge on any atom is -0.486 e. The van der Waals surface area contributed by atoms with Gasteiger partial charge in [0.25, 0.3) is 5.91 Å². The van der Waals surface area contributed by atoms with E-state index in [2.05, 4.69) is 11.1 Å². The molecule has 0 saturated heterocycles. The number of hydrogen-bond acceptors (Lipinski definition) is 4. The number of thiazole rings is 1. The van der Waals surface area contributed by atoms with Gasteiger partial charge in [0.15, 0.2) is 0 Å². The maximum absolute atomic E-state index is 12.2. The molecule has 2 aromatic carbocycles. The van der Waals surface area contributed by atoms with Crippen LogP contribution in [0.3, 0.4) is 0 Å². The molecule has 3 aromatic rings. The number of carbonyl (C=O) groups is 1. The third-order valence-electron chi connectivity index (χ3n) is 3.13. The van der Waals surface area contributed by atoms with E-state index in [1.807, 2.05) is 19.1 Å². The number of fused-ring (bicyclic) bond motifs is 1. The maximum atomic E-state index is 12.2. The van der Waals surface area contributed by atoms with Crippen LogP contribution in [0, 0.1) is 6.92 Å². The van der Waals surface area contributed by atoms with Crippen molar-refractivity contribution in [3.05, 3.63) is 58.6 Å². The van der Waals surface area contributed by atoms with Crippen LogP contribution in [0.4, 0.5) is 4.48 Å². The molecule has 0 aliphatic rings. The molecule has 0 aliphatic heterocycles. The molecule has 0 spiro atoms. The summed E-state index contributed by atoms with van der Waals surface area (Å²) in [7, 11) is 0. The van der Waals surface area contributed by atoms with Crippen molar-refractivity contribution in [2.75, 3.05) is 0 Å². The highest BCUT2D eigenvalue weighted by Crippen LogP contribution is 2.24. The van der Waals surface area contributed by atoms with Crippen LogP contribution in [0.5, 0.6) is 5.75 Å². The van der Waals surface area contributed by atoms with Gasteiger partial charge in [-0.25, -0.2) is 4.98 Å². The molecule has 112 valence electrons. The van der Waals surface area contributed by atoms with Gasteiger partial charge in [-0.05, 0) is 42.8 Å². The molecular formula is C16H13FN2O2S. The zero-order chi connectivity index (χ0) is 15.5. The number of rotatable bonds is 4. The maximum Gasteiger partial charge on any atom is 0.279 e. The second-order valence-electron chi connectivity index (χ2n) is 4.82. The minimum atomic E-state index is -0.791. The molecule has 0 unspecified atom stereocenters. The Labute approximate surface area is 130 Å². The second-order valence-corrected chi connectivity index (χ2v) is 5.93. The molecule has 4 nitrogen and oxygen atoms in total. The number of benzene rings is 2. The van der Waals surface area contributed by atoms with Crippen LogP contribution in [0.15, 0.2) is 42.5 Å². The Balaban J connectivity index is 1.75. The number of ether oxygens (including phenoxy) is 1. The number of carbonyl (C=O) groups excluding carboxylic acids is 1. The highest BCUT2D eigenvalue weighted by Gasteiger charge is 2.08. The van der Waals surface area contributed by atoms with E-state index < -0.39 is 5.91 Å². The average molecular weight is 316 g/mol. The molecule has 0 saturated carbocycles. The van der Waals surface area contributed by atoms with E-state index in [1.165, 1.54) is 17.7 Å². The predicted molar refractivity (Wildman–Crippen MR) is 83.7 cm³/mol. The average Bonchev–Trinajstić information content (AvgIpc) is 2.94. The lowest BCUT2D eigenvalue weighted by atomic mass is 10.2. The van der Waals surface area contributed by atoms with Crippen LogP contribution in [-0.4, -0.2) is 10.9 Å². The van der Waals surface area contributed by atoms with Gasteiger partial charge in [0.1, 0.15) is 17.4 Å². The summed E-state index contributed by atoms with van der Waals surface area (Å²) in [5.41, 5.74) is 3.44. The van der Waals surface area contributed by atoms with Gasteiger partial charge < -0.3 is 4.74 Å². The quantitative estimate of drug-likeness (QED) is 0.745. The van der Waals surface area contributed by atoms with E-state index >= 15 is 0 Å². The molecule has 0 bridgehead atoms. The molecule has 0 atom stereocenters. The topological polar surface area (TPSA) is 51.2 Å². The van der Waals surface area contributed by atoms with Crippen molar-refractivity contribution in [3.8, 4) is 5.75 Å². The van der Waals surface area contributed by atoms with Gasteiger partial charge >= 0.3 is 0 Å². The Hall–Kier alpha value is -2.47. The third kappa shape index (κ3) is 3.07. The van der Waals surface area contributed by atoms with Gasteiger partial charge in [-0.15, -0.1) is 11.3 Å². The van der Waals surface area contributed by atoms with Crippen molar-refractivity contribution in [2.24, 2.45) is 0 Å². The van der Waals surface area contributed by atoms with E-state index in [4.69, 9.17) is 4.74 Å². The third-order valence-corrected chi connectivity index (χ3v) is 4.12. The summed E-state index contributed by atoms with van der Waals surface area (Å²) < 4.78 is 18.9. The second kappa shape index (κ2) is 6.11. The molecule has 1 aromatic heterocycles. The van der Waals surface area contributed by atoms with E-state index in [-0.39, 0.29) is 5.56 Å². The van der Waals surface area contributed by atoms with Gasteiger partial charge in [-0.3, -0.25) is 4.79 Å². The van der Waals surface area contributed by atoms with Crippen LogP contribution < -0.4 is 10.3 Å². The van der Waals surface area contributed by atoms with E-state index in [0.29, 0.717) is 12.4 Å². The zero-order valence-electron chi connectivity index (χ0n) is 11.8. The molecule has 0 radical (unpaired) electrons. The van der Waals surface area contributed by atoms with Crippen LogP contribution in [0.25, 0.3) is 10.2 Å². The molecule has 1 N–H and O–H groups in total. The van der Waals surface area contributed by atoms with Crippen LogP contribution >= 0.6 is 11.3 Å². The summed E-state index contributed by atoms with van der Waals surface area (Å²) in [5.74, 6) is -0.294. The molecule has 3 rings (SSSR count). The largest absolute Gasteiger partial charge is 0.486 e. The summed E-state index contributed by atoms with van der Waals surface area (Å²) in [6.07, 6.45) is 0. The first-order valence-electron chi connectivity index (χ1n) is 6.65. The number of nitrogens with one attached hydrogen (secondary N) is 1. The van der Waals surface area contributed by atoms with Crippen molar-refractivity contribution in [3.63, 3.8) is 0 Å². The van der Waals surface area contributed by atoms with Crippen molar-refractivity contribution < 1.29 is 14.0 Å². The normalized spacial score (nSPS) is 10.6. The minimum absolute atomic E-state index is 0.208. The Morgan fingerprint density at radius 1 is 1.32 bits per heavy atom. The number of aromatic nitrogens is 1. The summed E-state index contributed by atoms with van der Waals surface area (Å²) in [5, 5.41) is 0.848. The highest BCUT2D eigenvalue weighted by atomic mass is 32.1. The lowest BCUT2D eigenvalue weighted by molar-refractivity contribution is 0.0859. The molecular weight excluding hydrogens is 303 g/mol. The van der Waals surface area contributed by atoms with E-state index in [1.54, 1.807) is 23.5 Å². The predicted octanol–water partition coefficient (Wildman–Crippen LogP) is 3.80. The molecule has 0 fully saturated rings. The summed E-state index contributed by atoms with van der Waals surface area (Å²) in [6, 6.07) is 12.5. The van der Waals surface area contributed by atoms with Crippen molar-refractivity contribution in [1.29, 1.82) is 0 Å². The fraction of sp³-hybridized carbons (Fsp3) is 0.125. The van der Waals surface area contributed by atoms with E-state index in [0.717, 1.165) is 20.8 Å². The summed E-state index contributed by atoms with van der Waals surface area (Å²) >= 11 is 1.57. The van der Waals surface area contributed by atoms with E-state index in [9.17, 15) is 9.28 Å². The molecule has 1 amide bonds. The fourth-order valence-electron chi connectivity index (χ4n) is 2.07. The van der Waals surface area contributed by atoms with Gasteiger partial charge in [0.2, 0.25) is 0 Å². The molecule has 6 heteroatoms. The lowest BCUT2D eigenvalue weighted by Crippen LogP contribution is -2.13. The highest BCUT2D eigenvalue weighted by molar-refractivity contribution is 7.18. The monoisotopic (exact) mass is 316 g/mol. The first kappa shape index (κ1) is 14.5. The van der Waals surface area contributed by atoms with Gasteiger partial charge in [-0.1, -0.05) is 16.6 Å². The van der Waals surface area contributed by atoms with Gasteiger partial charge in [0, 0.05) is 5.56 Å². The molecule has 1 heterocycles. The molecule has 0 aliphatic carbocycles. The SMILES string of the molecule is Cc1ccc2nc(COc3cccc(C(=O)NF)c3)sc2c1. The number of hydrogen-bond donors (Lipinski definition) is 1. The van der Waals surface area contributed by atoms with Crippen LogP contribution in [0.1, 0.15) is 20.9 Å². The van der Waals surface area contributed by atoms with Gasteiger partial charge in [-0.2, -0.15) is 5.54 Å². The zero-order valence-corrected chi connectivity index (χ0v) is 12.6. The summed E-state index contributed by atoms with van der Waals surface area (Å²) in [4.78, 5) is 15.7.